The van der Waals surface area contributed by atoms with Crippen molar-refractivity contribution in [2.45, 2.75) is 13.8 Å². The van der Waals surface area contributed by atoms with Crippen LogP contribution >= 0.6 is 11.3 Å². The number of nitrogens with one attached hydrogen (secondary N) is 1. The summed E-state index contributed by atoms with van der Waals surface area (Å²) in [5.41, 5.74) is 2.98. The van der Waals surface area contributed by atoms with Crippen molar-refractivity contribution in [3.8, 4) is 16.3 Å². The molecular formula is C27H28ClN4O3S-. The molecule has 36 heavy (non-hydrogen) atoms. The third kappa shape index (κ3) is 6.60. The maximum Gasteiger partial charge on any atom is 0.338 e. The summed E-state index contributed by atoms with van der Waals surface area (Å²) in [5.74, 6) is -0.649. The molecule has 7 nitrogen and oxygen atoms in total. The lowest BCUT2D eigenvalue weighted by Crippen LogP contribution is -3.00. The van der Waals surface area contributed by atoms with Crippen molar-refractivity contribution in [1.82, 2.24) is 14.7 Å². The molecule has 9 heteroatoms. The number of ether oxygens (including phenoxy) is 1. The SMILES string of the molecule is CCN(CC)CCOC(=O)c1ccc(NC(=O)c2cn(-c3ccccc3)nc2-c2cccs2)cc1.[Cl-]. The quantitative estimate of drug-likeness (QED) is 0.323. The van der Waals surface area contributed by atoms with Gasteiger partial charge in [-0.1, -0.05) is 38.1 Å². The molecule has 0 saturated carbocycles. The molecule has 0 unspecified atom stereocenters. The number of esters is 1. The van der Waals surface area contributed by atoms with Gasteiger partial charge in [0.1, 0.15) is 12.3 Å². The van der Waals surface area contributed by atoms with Crippen molar-refractivity contribution in [3.05, 3.63) is 89.4 Å². The predicted molar refractivity (Wildman–Crippen MR) is 139 cm³/mol. The largest absolute Gasteiger partial charge is 1.00 e. The average molecular weight is 524 g/mol. The number of para-hydroxylation sites is 1. The lowest BCUT2D eigenvalue weighted by molar-refractivity contribution is -0.0000331. The Bertz CT molecular complexity index is 1250. The van der Waals surface area contributed by atoms with E-state index in [1.807, 2.05) is 47.8 Å². The van der Waals surface area contributed by atoms with E-state index in [1.165, 1.54) is 11.3 Å². The minimum absolute atomic E-state index is 0. The van der Waals surface area contributed by atoms with Crippen LogP contribution in [0.15, 0.2) is 78.3 Å². The second kappa shape index (κ2) is 13.0. The number of amides is 1. The Morgan fingerprint density at radius 2 is 1.72 bits per heavy atom. The summed E-state index contributed by atoms with van der Waals surface area (Å²) in [5, 5.41) is 9.55. The number of carbonyl (C=O) groups excluding carboxylic acids is 2. The van der Waals surface area contributed by atoms with Crippen LogP contribution in [0, 0.1) is 0 Å². The van der Waals surface area contributed by atoms with Gasteiger partial charge in [-0.2, -0.15) is 5.10 Å². The number of aromatic nitrogens is 2. The zero-order valence-electron chi connectivity index (χ0n) is 20.2. The molecule has 0 radical (unpaired) electrons. The number of halogens is 1. The molecule has 2 aromatic heterocycles. The fraction of sp³-hybridized carbons (Fsp3) is 0.222. The molecule has 2 aromatic carbocycles. The number of nitrogens with zero attached hydrogens (tertiary/aromatic N) is 3. The van der Waals surface area contributed by atoms with Crippen LogP contribution in [0.4, 0.5) is 5.69 Å². The van der Waals surface area contributed by atoms with Crippen LogP contribution in [0.25, 0.3) is 16.3 Å². The number of thiophene rings is 1. The van der Waals surface area contributed by atoms with E-state index in [2.05, 4.69) is 29.2 Å². The van der Waals surface area contributed by atoms with E-state index in [9.17, 15) is 9.59 Å². The lowest BCUT2D eigenvalue weighted by atomic mass is 10.2. The van der Waals surface area contributed by atoms with Crippen LogP contribution in [0.1, 0.15) is 34.6 Å². The molecule has 188 valence electrons. The summed E-state index contributed by atoms with van der Waals surface area (Å²) in [4.78, 5) is 28.6. The molecule has 0 spiro atoms. The van der Waals surface area contributed by atoms with E-state index in [4.69, 9.17) is 4.74 Å². The van der Waals surface area contributed by atoms with E-state index < -0.39 is 0 Å². The molecule has 4 aromatic rings. The number of hydrogen-bond acceptors (Lipinski definition) is 6. The van der Waals surface area contributed by atoms with Gasteiger partial charge in [0.25, 0.3) is 5.91 Å². The van der Waals surface area contributed by atoms with Crippen molar-refractivity contribution in [3.63, 3.8) is 0 Å². The highest BCUT2D eigenvalue weighted by Gasteiger charge is 2.20. The van der Waals surface area contributed by atoms with E-state index in [0.29, 0.717) is 35.7 Å². The normalized spacial score (nSPS) is 10.6. The Hall–Kier alpha value is -3.46. The van der Waals surface area contributed by atoms with Gasteiger partial charge in [0.2, 0.25) is 0 Å². The molecule has 0 aliphatic heterocycles. The summed E-state index contributed by atoms with van der Waals surface area (Å²) in [6, 6.07) is 20.3. The van der Waals surface area contributed by atoms with Gasteiger partial charge in [-0.3, -0.25) is 4.79 Å². The highest BCUT2D eigenvalue weighted by atomic mass is 35.5. The Kier molecular flexibility index (Phi) is 9.81. The molecule has 1 N–H and O–H groups in total. The summed E-state index contributed by atoms with van der Waals surface area (Å²) < 4.78 is 7.09. The predicted octanol–water partition coefficient (Wildman–Crippen LogP) is 2.36. The molecule has 0 fully saturated rings. The zero-order chi connectivity index (χ0) is 24.6. The van der Waals surface area contributed by atoms with Crippen LogP contribution in [0.5, 0.6) is 0 Å². The van der Waals surface area contributed by atoms with Crippen LogP contribution in [0.2, 0.25) is 0 Å². The molecule has 0 saturated heterocycles. The van der Waals surface area contributed by atoms with Crippen LogP contribution in [0.3, 0.4) is 0 Å². The van der Waals surface area contributed by atoms with E-state index in [0.717, 1.165) is 23.7 Å². The first kappa shape index (κ1) is 27.1. The Balaban J connectivity index is 0.00000361. The molecular weight excluding hydrogens is 496 g/mol. The van der Waals surface area contributed by atoms with E-state index >= 15 is 0 Å². The maximum atomic E-state index is 13.2. The molecule has 4 rings (SSSR count). The van der Waals surface area contributed by atoms with E-state index in [-0.39, 0.29) is 24.3 Å². The summed E-state index contributed by atoms with van der Waals surface area (Å²) >= 11 is 1.53. The van der Waals surface area contributed by atoms with Gasteiger partial charge in [0, 0.05) is 18.4 Å². The number of benzene rings is 2. The molecule has 0 aliphatic carbocycles. The number of anilines is 1. The fourth-order valence-electron chi connectivity index (χ4n) is 3.63. The van der Waals surface area contributed by atoms with Gasteiger partial charge in [-0.15, -0.1) is 11.3 Å². The first-order valence-electron chi connectivity index (χ1n) is 11.6. The standard InChI is InChI=1S/C27H28N4O3S.ClH/c1-3-30(4-2)16-17-34-27(33)20-12-14-21(15-13-20)28-26(32)23-19-31(22-9-6-5-7-10-22)29-25(23)24-11-8-18-35-24;/h5-15,18-19H,3-4,16-17H2,1-2H3,(H,28,32);1H/p-1. The van der Waals surface area contributed by atoms with Gasteiger partial charge in [-0.05, 0) is 60.9 Å². The first-order valence-corrected chi connectivity index (χ1v) is 12.5. The summed E-state index contributed by atoms with van der Waals surface area (Å²) in [6.45, 7) is 7.04. The molecule has 1 amide bonds. The lowest BCUT2D eigenvalue weighted by Gasteiger charge is -2.17. The highest BCUT2D eigenvalue weighted by Crippen LogP contribution is 2.28. The molecule has 0 atom stereocenters. The molecule has 0 aliphatic rings. The second-order valence-electron chi connectivity index (χ2n) is 7.84. The Labute approximate surface area is 221 Å². The summed E-state index contributed by atoms with van der Waals surface area (Å²) in [7, 11) is 0. The summed E-state index contributed by atoms with van der Waals surface area (Å²) in [6.07, 6.45) is 1.74. The second-order valence-corrected chi connectivity index (χ2v) is 8.79. The maximum absolute atomic E-state index is 13.2. The van der Waals surface area contributed by atoms with Crippen LogP contribution in [-0.4, -0.2) is 52.8 Å². The number of likely N-dealkylation sites (N-methyl/N-ethyl adjacent to an activating group) is 1. The third-order valence-corrected chi connectivity index (χ3v) is 6.52. The molecule has 0 bridgehead atoms. The minimum atomic E-state index is -0.376. The topological polar surface area (TPSA) is 76.5 Å². The molecule has 2 heterocycles. The van der Waals surface area contributed by atoms with Crippen molar-refractivity contribution >= 4 is 28.9 Å². The smallest absolute Gasteiger partial charge is 0.338 e. The van der Waals surface area contributed by atoms with Crippen LogP contribution in [-0.2, 0) is 4.74 Å². The monoisotopic (exact) mass is 523 g/mol. The van der Waals surface area contributed by atoms with Gasteiger partial charge in [-0.25, -0.2) is 9.48 Å². The zero-order valence-corrected chi connectivity index (χ0v) is 21.8. The Morgan fingerprint density at radius 3 is 2.36 bits per heavy atom. The van der Waals surface area contributed by atoms with Gasteiger partial charge < -0.3 is 27.4 Å². The van der Waals surface area contributed by atoms with Crippen LogP contribution < -0.4 is 17.7 Å². The average Bonchev–Trinajstić information content (AvgIpc) is 3.58. The highest BCUT2D eigenvalue weighted by molar-refractivity contribution is 7.13. The van der Waals surface area contributed by atoms with Crippen molar-refractivity contribution < 1.29 is 26.7 Å². The van der Waals surface area contributed by atoms with Crippen molar-refractivity contribution in [2.75, 3.05) is 31.6 Å². The fourth-order valence-corrected chi connectivity index (χ4v) is 4.35. The van der Waals surface area contributed by atoms with Gasteiger partial charge in [0.15, 0.2) is 0 Å². The minimum Gasteiger partial charge on any atom is -1.00 e. The van der Waals surface area contributed by atoms with Crippen molar-refractivity contribution in [1.29, 1.82) is 0 Å². The van der Waals surface area contributed by atoms with Crippen molar-refractivity contribution in [2.24, 2.45) is 0 Å². The number of hydrogen-bond donors (Lipinski definition) is 1. The number of rotatable bonds is 10. The van der Waals surface area contributed by atoms with Gasteiger partial charge in [0.05, 0.1) is 21.7 Å². The third-order valence-electron chi connectivity index (χ3n) is 5.65. The number of carbonyl (C=O) groups is 2. The Morgan fingerprint density at radius 1 is 1.00 bits per heavy atom. The van der Waals surface area contributed by atoms with Gasteiger partial charge >= 0.3 is 5.97 Å². The first-order chi connectivity index (χ1) is 17.1. The van der Waals surface area contributed by atoms with E-state index in [1.54, 1.807) is 35.1 Å².